The van der Waals surface area contributed by atoms with E-state index in [0.29, 0.717) is 16.4 Å². The van der Waals surface area contributed by atoms with Gasteiger partial charge in [-0.1, -0.05) is 11.8 Å². The molecule has 0 saturated carbocycles. The zero-order chi connectivity index (χ0) is 20.1. The van der Waals surface area contributed by atoms with Crippen molar-refractivity contribution < 1.29 is 14.3 Å². The minimum Gasteiger partial charge on any atom is -0.459 e. The van der Waals surface area contributed by atoms with Gasteiger partial charge in [-0.25, -0.2) is 9.78 Å². The minimum absolute atomic E-state index is 0.100. The maximum Gasteiger partial charge on any atom is 0.338 e. The highest BCUT2D eigenvalue weighted by Gasteiger charge is 2.16. The summed E-state index contributed by atoms with van der Waals surface area (Å²) in [6, 6.07) is 6.52. The Morgan fingerprint density at radius 3 is 2.64 bits per heavy atom. The van der Waals surface area contributed by atoms with Crippen LogP contribution in [0.4, 0.5) is 5.69 Å². The molecule has 0 unspecified atom stereocenters. The van der Waals surface area contributed by atoms with Crippen LogP contribution in [0.2, 0.25) is 0 Å². The lowest BCUT2D eigenvalue weighted by molar-refractivity contribution is -0.113. The Labute approximate surface area is 167 Å². The highest BCUT2D eigenvalue weighted by molar-refractivity contribution is 7.99. The van der Waals surface area contributed by atoms with Crippen LogP contribution >= 0.6 is 11.8 Å². The first-order chi connectivity index (χ1) is 13.4. The van der Waals surface area contributed by atoms with Gasteiger partial charge in [0.15, 0.2) is 5.16 Å². The predicted molar refractivity (Wildman–Crippen MR) is 108 cm³/mol. The number of ether oxygens (including phenoxy) is 1. The zero-order valence-electron chi connectivity index (χ0n) is 15.9. The Morgan fingerprint density at radius 2 is 1.93 bits per heavy atom. The molecule has 0 aliphatic heterocycles. The Hall–Kier alpha value is -2.61. The summed E-state index contributed by atoms with van der Waals surface area (Å²) >= 11 is 1.20. The molecule has 0 bridgehead atoms. The Bertz CT molecular complexity index is 922. The summed E-state index contributed by atoms with van der Waals surface area (Å²) in [4.78, 5) is 43.4. The van der Waals surface area contributed by atoms with Crippen LogP contribution in [0.3, 0.4) is 0 Å². The number of aromatic amines is 1. The molecule has 0 radical (unpaired) electrons. The molecule has 1 aliphatic rings. The van der Waals surface area contributed by atoms with Crippen LogP contribution < -0.4 is 10.9 Å². The third-order valence-corrected chi connectivity index (χ3v) is 5.13. The summed E-state index contributed by atoms with van der Waals surface area (Å²) in [6.07, 6.45) is 3.44. The smallest absolute Gasteiger partial charge is 0.338 e. The third-order valence-electron chi connectivity index (χ3n) is 4.26. The molecule has 2 aromatic rings. The van der Waals surface area contributed by atoms with Crippen molar-refractivity contribution >= 4 is 29.3 Å². The van der Waals surface area contributed by atoms with E-state index in [1.54, 1.807) is 38.1 Å². The summed E-state index contributed by atoms with van der Waals surface area (Å²) in [6.45, 7) is 3.57. The zero-order valence-corrected chi connectivity index (χ0v) is 16.7. The molecule has 1 aliphatic carbocycles. The molecule has 1 heterocycles. The SMILES string of the molecule is CC(C)OC(=O)c1ccc(NC(=O)CSc2nc3c(c(=O)[nH]2)CCCC3)cc1. The number of amides is 1. The Kier molecular flexibility index (Phi) is 6.51. The largest absolute Gasteiger partial charge is 0.459 e. The molecular weight excluding hydrogens is 378 g/mol. The standard InChI is InChI=1S/C20H23N3O4S/c1-12(2)27-19(26)13-7-9-14(10-8-13)21-17(24)11-28-20-22-16-6-4-3-5-15(16)18(25)23-20/h7-10,12H,3-6,11H2,1-2H3,(H,21,24)(H,22,23,25). The first-order valence-electron chi connectivity index (χ1n) is 9.28. The number of hydrogen-bond acceptors (Lipinski definition) is 6. The fraction of sp³-hybridized carbons (Fsp3) is 0.400. The van der Waals surface area contributed by atoms with Crippen molar-refractivity contribution in [1.29, 1.82) is 0 Å². The highest BCUT2D eigenvalue weighted by atomic mass is 32.2. The van der Waals surface area contributed by atoms with Crippen LogP contribution in [0.15, 0.2) is 34.2 Å². The van der Waals surface area contributed by atoms with Crippen LogP contribution in [0.5, 0.6) is 0 Å². The number of aryl methyl sites for hydroxylation is 1. The molecule has 8 heteroatoms. The molecule has 1 amide bonds. The first-order valence-corrected chi connectivity index (χ1v) is 10.3. The van der Waals surface area contributed by atoms with Crippen LogP contribution in [0.1, 0.15) is 48.3 Å². The quantitative estimate of drug-likeness (QED) is 0.438. The lowest BCUT2D eigenvalue weighted by Gasteiger charge is -2.14. The number of fused-ring (bicyclic) bond motifs is 1. The van der Waals surface area contributed by atoms with Crippen LogP contribution in [-0.4, -0.2) is 33.7 Å². The molecule has 0 atom stereocenters. The average Bonchev–Trinajstić information content (AvgIpc) is 2.66. The number of nitrogens with one attached hydrogen (secondary N) is 2. The van der Waals surface area contributed by atoms with Gasteiger partial charge in [-0.2, -0.15) is 0 Å². The molecule has 0 spiro atoms. The Morgan fingerprint density at radius 1 is 1.21 bits per heavy atom. The molecule has 3 rings (SSSR count). The molecule has 0 fully saturated rings. The molecular formula is C20H23N3O4S. The summed E-state index contributed by atoms with van der Waals surface area (Å²) < 4.78 is 5.13. The van der Waals surface area contributed by atoms with Crippen molar-refractivity contribution in [1.82, 2.24) is 9.97 Å². The van der Waals surface area contributed by atoms with E-state index < -0.39 is 5.97 Å². The lowest BCUT2D eigenvalue weighted by atomic mass is 9.97. The van der Waals surface area contributed by atoms with E-state index in [-0.39, 0.29) is 23.3 Å². The van der Waals surface area contributed by atoms with E-state index in [1.165, 1.54) is 11.8 Å². The maximum atomic E-state index is 12.2. The number of thioether (sulfide) groups is 1. The van der Waals surface area contributed by atoms with Gasteiger partial charge >= 0.3 is 5.97 Å². The molecule has 1 aromatic heterocycles. The Balaban J connectivity index is 1.55. The molecule has 7 nitrogen and oxygen atoms in total. The summed E-state index contributed by atoms with van der Waals surface area (Å²) in [5.41, 5.74) is 2.53. The number of benzene rings is 1. The van der Waals surface area contributed by atoms with Crippen molar-refractivity contribution in [2.75, 3.05) is 11.1 Å². The minimum atomic E-state index is -0.397. The second-order valence-corrected chi connectivity index (χ2v) is 7.84. The topological polar surface area (TPSA) is 101 Å². The normalized spacial score (nSPS) is 13.1. The van der Waals surface area contributed by atoms with Gasteiger partial charge < -0.3 is 15.0 Å². The van der Waals surface area contributed by atoms with Crippen molar-refractivity contribution in [3.8, 4) is 0 Å². The average molecular weight is 401 g/mol. The number of esters is 1. The molecule has 28 heavy (non-hydrogen) atoms. The van der Waals surface area contributed by atoms with Gasteiger partial charge in [0, 0.05) is 11.3 Å². The van der Waals surface area contributed by atoms with Crippen LogP contribution in [0, 0.1) is 0 Å². The first kappa shape index (κ1) is 20.1. The number of hydrogen-bond donors (Lipinski definition) is 2. The number of H-pyrrole nitrogens is 1. The van der Waals surface area contributed by atoms with E-state index in [0.717, 1.165) is 36.9 Å². The van der Waals surface area contributed by atoms with Gasteiger partial charge in [0.2, 0.25) is 5.91 Å². The van der Waals surface area contributed by atoms with E-state index in [4.69, 9.17) is 4.74 Å². The summed E-state index contributed by atoms with van der Waals surface area (Å²) in [5.74, 6) is -0.493. The monoisotopic (exact) mass is 401 g/mol. The van der Waals surface area contributed by atoms with Gasteiger partial charge in [0.25, 0.3) is 5.56 Å². The number of anilines is 1. The van der Waals surface area contributed by atoms with E-state index >= 15 is 0 Å². The molecule has 1 aromatic carbocycles. The number of nitrogens with zero attached hydrogens (tertiary/aromatic N) is 1. The highest BCUT2D eigenvalue weighted by Crippen LogP contribution is 2.19. The predicted octanol–water partition coefficient (Wildman–Crippen LogP) is 2.94. The van der Waals surface area contributed by atoms with Crippen molar-refractivity contribution in [3.05, 3.63) is 51.4 Å². The van der Waals surface area contributed by atoms with E-state index in [2.05, 4.69) is 15.3 Å². The fourth-order valence-electron chi connectivity index (χ4n) is 2.95. The summed E-state index contributed by atoms with van der Waals surface area (Å²) in [5, 5.41) is 3.23. The van der Waals surface area contributed by atoms with Crippen molar-refractivity contribution in [3.63, 3.8) is 0 Å². The number of carbonyl (C=O) groups is 2. The van der Waals surface area contributed by atoms with Crippen molar-refractivity contribution in [2.24, 2.45) is 0 Å². The molecule has 148 valence electrons. The van der Waals surface area contributed by atoms with Gasteiger partial charge in [-0.05, 0) is 63.8 Å². The second-order valence-electron chi connectivity index (χ2n) is 6.87. The van der Waals surface area contributed by atoms with E-state index in [9.17, 15) is 14.4 Å². The van der Waals surface area contributed by atoms with Gasteiger partial charge in [0.1, 0.15) is 0 Å². The van der Waals surface area contributed by atoms with Gasteiger partial charge in [0.05, 0.1) is 23.1 Å². The van der Waals surface area contributed by atoms with Crippen molar-refractivity contribution in [2.45, 2.75) is 50.8 Å². The lowest BCUT2D eigenvalue weighted by Crippen LogP contribution is -2.22. The maximum absolute atomic E-state index is 12.2. The van der Waals surface area contributed by atoms with Gasteiger partial charge in [-0.15, -0.1) is 0 Å². The molecule has 2 N–H and O–H groups in total. The molecule has 0 saturated heterocycles. The fourth-order valence-corrected chi connectivity index (χ4v) is 3.63. The van der Waals surface area contributed by atoms with Gasteiger partial charge in [-0.3, -0.25) is 9.59 Å². The van der Waals surface area contributed by atoms with E-state index in [1.807, 2.05) is 0 Å². The van der Waals surface area contributed by atoms with Crippen LogP contribution in [0.25, 0.3) is 0 Å². The third kappa shape index (κ3) is 5.22. The number of aromatic nitrogens is 2. The second kappa shape index (κ2) is 9.05. The summed E-state index contributed by atoms with van der Waals surface area (Å²) in [7, 11) is 0. The number of rotatable bonds is 6. The van der Waals surface area contributed by atoms with Crippen LogP contribution in [-0.2, 0) is 22.4 Å². The number of carbonyl (C=O) groups excluding carboxylic acids is 2.